The highest BCUT2D eigenvalue weighted by molar-refractivity contribution is 5.76. The molecule has 0 aliphatic carbocycles. The van der Waals surface area contributed by atoms with E-state index in [0.717, 1.165) is 19.5 Å². The van der Waals surface area contributed by atoms with Crippen molar-refractivity contribution < 1.29 is 4.79 Å². The largest absolute Gasteiger partial charge is 0.329 e. The molecule has 0 aromatic carbocycles. The van der Waals surface area contributed by atoms with Crippen molar-refractivity contribution in [2.45, 2.75) is 25.3 Å². The molecule has 2 aliphatic heterocycles. The van der Waals surface area contributed by atoms with Gasteiger partial charge in [0.2, 0.25) is 0 Å². The summed E-state index contributed by atoms with van der Waals surface area (Å²) in [6.45, 7) is 4.16. The number of rotatable bonds is 1. The SMILES string of the molecule is O=C(N1CCC(N2CCCC2)C1)n1ccnc1. The molecule has 0 bridgehead atoms. The Labute approximate surface area is 101 Å². The van der Waals surface area contributed by atoms with Crippen molar-refractivity contribution in [3.05, 3.63) is 18.7 Å². The Hall–Kier alpha value is -1.36. The zero-order valence-electron chi connectivity index (χ0n) is 9.96. The highest BCUT2D eigenvalue weighted by atomic mass is 16.2. The summed E-state index contributed by atoms with van der Waals surface area (Å²) in [6.07, 6.45) is 8.67. The third-order valence-electron chi connectivity index (χ3n) is 3.82. The van der Waals surface area contributed by atoms with Crippen molar-refractivity contribution in [1.29, 1.82) is 0 Å². The second kappa shape index (κ2) is 4.49. The van der Waals surface area contributed by atoms with Gasteiger partial charge in [-0.15, -0.1) is 0 Å². The normalized spacial score (nSPS) is 25.6. The lowest BCUT2D eigenvalue weighted by atomic mass is 10.2. The predicted molar refractivity (Wildman–Crippen MR) is 63.8 cm³/mol. The van der Waals surface area contributed by atoms with Gasteiger partial charge in [0.1, 0.15) is 6.33 Å². The molecule has 0 N–H and O–H groups in total. The molecule has 1 amide bonds. The van der Waals surface area contributed by atoms with Gasteiger partial charge in [-0.2, -0.15) is 0 Å². The first-order chi connectivity index (χ1) is 8.34. The highest BCUT2D eigenvalue weighted by Gasteiger charge is 2.31. The first-order valence-electron chi connectivity index (χ1n) is 6.36. The zero-order valence-corrected chi connectivity index (χ0v) is 9.96. The van der Waals surface area contributed by atoms with Gasteiger partial charge in [0.05, 0.1) is 0 Å². The van der Waals surface area contributed by atoms with Crippen molar-refractivity contribution in [3.63, 3.8) is 0 Å². The van der Waals surface area contributed by atoms with E-state index in [0.29, 0.717) is 6.04 Å². The fourth-order valence-electron chi connectivity index (χ4n) is 2.86. The summed E-state index contributed by atoms with van der Waals surface area (Å²) in [6, 6.07) is 0.633. The monoisotopic (exact) mass is 234 g/mol. The maximum absolute atomic E-state index is 12.1. The van der Waals surface area contributed by atoms with E-state index in [1.165, 1.54) is 25.9 Å². The number of imidazole rings is 1. The lowest BCUT2D eigenvalue weighted by Crippen LogP contribution is -2.38. The highest BCUT2D eigenvalue weighted by Crippen LogP contribution is 2.20. The number of hydrogen-bond acceptors (Lipinski definition) is 3. The Morgan fingerprint density at radius 1 is 1.24 bits per heavy atom. The van der Waals surface area contributed by atoms with E-state index in [4.69, 9.17) is 0 Å². The molecule has 3 rings (SSSR count). The average molecular weight is 234 g/mol. The van der Waals surface area contributed by atoms with Crippen LogP contribution in [0.3, 0.4) is 0 Å². The molecule has 2 aliphatic rings. The van der Waals surface area contributed by atoms with Crippen LogP contribution in [0.5, 0.6) is 0 Å². The molecule has 92 valence electrons. The Morgan fingerprint density at radius 2 is 2.06 bits per heavy atom. The Balaban J connectivity index is 1.62. The topological polar surface area (TPSA) is 41.4 Å². The third kappa shape index (κ3) is 2.07. The first kappa shape index (κ1) is 10.8. The molecule has 5 nitrogen and oxygen atoms in total. The minimum Gasteiger partial charge on any atom is -0.322 e. The number of likely N-dealkylation sites (tertiary alicyclic amines) is 2. The quantitative estimate of drug-likeness (QED) is 0.728. The number of nitrogens with zero attached hydrogens (tertiary/aromatic N) is 4. The summed E-state index contributed by atoms with van der Waals surface area (Å²) < 4.78 is 1.56. The van der Waals surface area contributed by atoms with E-state index in [9.17, 15) is 4.79 Å². The van der Waals surface area contributed by atoms with Crippen molar-refractivity contribution in [2.75, 3.05) is 26.2 Å². The molecular weight excluding hydrogens is 216 g/mol. The van der Waals surface area contributed by atoms with E-state index in [-0.39, 0.29) is 6.03 Å². The van der Waals surface area contributed by atoms with Gasteiger partial charge < -0.3 is 4.90 Å². The van der Waals surface area contributed by atoms with Gasteiger partial charge in [-0.05, 0) is 32.4 Å². The van der Waals surface area contributed by atoms with Crippen LogP contribution in [0.1, 0.15) is 19.3 Å². The molecule has 5 heteroatoms. The van der Waals surface area contributed by atoms with Crippen LogP contribution in [-0.2, 0) is 0 Å². The third-order valence-corrected chi connectivity index (χ3v) is 3.82. The Bertz CT molecular complexity index is 383. The van der Waals surface area contributed by atoms with Crippen LogP contribution in [0.15, 0.2) is 18.7 Å². The molecule has 0 saturated carbocycles. The molecule has 0 spiro atoms. The van der Waals surface area contributed by atoms with Crippen LogP contribution >= 0.6 is 0 Å². The van der Waals surface area contributed by atoms with E-state index < -0.39 is 0 Å². The number of aromatic nitrogens is 2. The molecule has 1 aromatic heterocycles. The summed E-state index contributed by atoms with van der Waals surface area (Å²) in [7, 11) is 0. The van der Waals surface area contributed by atoms with E-state index in [1.54, 1.807) is 23.3 Å². The maximum atomic E-state index is 12.1. The average Bonchev–Trinajstić information content (AvgIpc) is 3.09. The second-order valence-corrected chi connectivity index (χ2v) is 4.88. The molecule has 3 heterocycles. The smallest absolute Gasteiger partial charge is 0.322 e. The van der Waals surface area contributed by atoms with Gasteiger partial charge in [-0.25, -0.2) is 9.78 Å². The number of hydrogen-bond donors (Lipinski definition) is 0. The van der Waals surface area contributed by atoms with Crippen molar-refractivity contribution in [1.82, 2.24) is 19.4 Å². The van der Waals surface area contributed by atoms with Crippen LogP contribution in [0, 0.1) is 0 Å². The fourth-order valence-corrected chi connectivity index (χ4v) is 2.86. The zero-order chi connectivity index (χ0) is 11.7. The number of carbonyl (C=O) groups is 1. The maximum Gasteiger partial charge on any atom is 0.329 e. The lowest BCUT2D eigenvalue weighted by molar-refractivity contribution is 0.200. The lowest BCUT2D eigenvalue weighted by Gasteiger charge is -2.23. The van der Waals surface area contributed by atoms with Gasteiger partial charge in [0, 0.05) is 31.5 Å². The predicted octanol–water partition coefficient (Wildman–Crippen LogP) is 1.02. The summed E-state index contributed by atoms with van der Waals surface area (Å²) in [5.41, 5.74) is 0. The molecule has 1 atom stereocenters. The Kier molecular flexibility index (Phi) is 2.84. The van der Waals surface area contributed by atoms with E-state index in [1.807, 2.05) is 4.90 Å². The van der Waals surface area contributed by atoms with Gasteiger partial charge >= 0.3 is 6.03 Å². The van der Waals surface area contributed by atoms with Gasteiger partial charge in [0.15, 0.2) is 0 Å². The molecule has 2 saturated heterocycles. The van der Waals surface area contributed by atoms with Crippen molar-refractivity contribution in [2.24, 2.45) is 0 Å². The molecule has 1 aromatic rings. The first-order valence-corrected chi connectivity index (χ1v) is 6.36. The van der Waals surface area contributed by atoms with Gasteiger partial charge in [-0.1, -0.05) is 0 Å². The number of amides is 1. The molecule has 2 fully saturated rings. The summed E-state index contributed by atoms with van der Waals surface area (Å²) in [4.78, 5) is 20.5. The van der Waals surface area contributed by atoms with Crippen LogP contribution in [-0.4, -0.2) is 57.6 Å². The standard InChI is InChI=1S/C12H18N4O/c17-12(16-8-4-13-10-16)15-7-3-11(9-15)14-5-1-2-6-14/h4,8,10-11H,1-3,5-7,9H2. The summed E-state index contributed by atoms with van der Waals surface area (Å²) in [5.74, 6) is 0. The minimum atomic E-state index is 0.0594. The van der Waals surface area contributed by atoms with Crippen LogP contribution in [0.25, 0.3) is 0 Å². The second-order valence-electron chi connectivity index (χ2n) is 4.88. The van der Waals surface area contributed by atoms with Crippen molar-refractivity contribution in [3.8, 4) is 0 Å². The molecular formula is C12H18N4O. The Morgan fingerprint density at radius 3 is 2.76 bits per heavy atom. The van der Waals surface area contributed by atoms with Gasteiger partial charge in [0.25, 0.3) is 0 Å². The van der Waals surface area contributed by atoms with Crippen LogP contribution in [0.4, 0.5) is 4.79 Å². The summed E-state index contributed by atoms with van der Waals surface area (Å²) >= 11 is 0. The fraction of sp³-hybridized carbons (Fsp3) is 0.667. The molecule has 17 heavy (non-hydrogen) atoms. The van der Waals surface area contributed by atoms with Gasteiger partial charge in [-0.3, -0.25) is 9.47 Å². The minimum absolute atomic E-state index is 0.0594. The molecule has 1 unspecified atom stereocenters. The van der Waals surface area contributed by atoms with Crippen LogP contribution in [0.2, 0.25) is 0 Å². The number of carbonyl (C=O) groups excluding carboxylic acids is 1. The van der Waals surface area contributed by atoms with Crippen LogP contribution < -0.4 is 0 Å². The summed E-state index contributed by atoms with van der Waals surface area (Å²) in [5, 5.41) is 0. The molecule has 0 radical (unpaired) electrons. The van der Waals surface area contributed by atoms with Crippen molar-refractivity contribution >= 4 is 6.03 Å². The van der Waals surface area contributed by atoms with E-state index >= 15 is 0 Å². The van der Waals surface area contributed by atoms with E-state index in [2.05, 4.69) is 9.88 Å².